The van der Waals surface area contributed by atoms with E-state index in [2.05, 4.69) is 22.8 Å². The number of nitrogens with zero attached hydrogens (tertiary/aromatic N) is 1. The van der Waals surface area contributed by atoms with Crippen molar-refractivity contribution in [3.8, 4) is 12.3 Å². The van der Waals surface area contributed by atoms with E-state index in [0.29, 0.717) is 0 Å². The van der Waals surface area contributed by atoms with Gasteiger partial charge in [0.2, 0.25) is 0 Å². The Labute approximate surface area is 55.9 Å². The molecule has 0 N–H and O–H groups in total. The molecule has 0 rings (SSSR count). The summed E-state index contributed by atoms with van der Waals surface area (Å²) in [5.74, 6) is 2.31. The SMILES string of the molecule is C#CCON=CCCC. The quantitative estimate of drug-likeness (QED) is 0.241. The number of unbranched alkanes of at least 4 members (excludes halogenated alkanes) is 1. The third kappa shape index (κ3) is 7.03. The molecule has 0 aliphatic rings. The minimum atomic E-state index is 0.264. The van der Waals surface area contributed by atoms with Gasteiger partial charge in [-0.2, -0.15) is 0 Å². The predicted octanol–water partition coefficient (Wildman–Crippen LogP) is 1.42. The Morgan fingerprint density at radius 3 is 3.11 bits per heavy atom. The van der Waals surface area contributed by atoms with E-state index in [1.807, 2.05) is 0 Å². The average molecular weight is 125 g/mol. The van der Waals surface area contributed by atoms with Crippen molar-refractivity contribution in [3.63, 3.8) is 0 Å². The van der Waals surface area contributed by atoms with Gasteiger partial charge in [-0.3, -0.25) is 0 Å². The summed E-state index contributed by atoms with van der Waals surface area (Å²) in [5, 5.41) is 3.58. The van der Waals surface area contributed by atoms with Gasteiger partial charge in [0, 0.05) is 6.21 Å². The Kier molecular flexibility index (Phi) is 6.27. The van der Waals surface area contributed by atoms with E-state index in [4.69, 9.17) is 6.42 Å². The average Bonchev–Trinajstić information content (AvgIpc) is 1.89. The first-order chi connectivity index (χ1) is 4.41. The van der Waals surface area contributed by atoms with Gasteiger partial charge in [-0.05, 0) is 6.42 Å². The van der Waals surface area contributed by atoms with Crippen LogP contribution in [-0.2, 0) is 4.84 Å². The van der Waals surface area contributed by atoms with Crippen LogP contribution < -0.4 is 0 Å². The summed E-state index contributed by atoms with van der Waals surface area (Å²) in [4.78, 5) is 4.62. The van der Waals surface area contributed by atoms with Crippen LogP contribution in [0.1, 0.15) is 19.8 Å². The van der Waals surface area contributed by atoms with Crippen LogP contribution in [-0.4, -0.2) is 12.8 Å². The predicted molar refractivity (Wildman–Crippen MR) is 38.2 cm³/mol. The van der Waals surface area contributed by atoms with Crippen molar-refractivity contribution in [2.75, 3.05) is 6.61 Å². The topological polar surface area (TPSA) is 21.6 Å². The van der Waals surface area contributed by atoms with Gasteiger partial charge in [0.15, 0.2) is 6.61 Å². The van der Waals surface area contributed by atoms with Crippen LogP contribution in [0.3, 0.4) is 0 Å². The molecule has 0 amide bonds. The van der Waals surface area contributed by atoms with Crippen molar-refractivity contribution < 1.29 is 4.84 Å². The van der Waals surface area contributed by atoms with Gasteiger partial charge in [0.1, 0.15) is 0 Å². The smallest absolute Gasteiger partial charge is 0.177 e. The molecule has 0 aromatic carbocycles. The van der Waals surface area contributed by atoms with Gasteiger partial charge >= 0.3 is 0 Å². The summed E-state index contributed by atoms with van der Waals surface area (Å²) in [5.41, 5.74) is 0. The molecule has 0 fully saturated rings. The summed E-state index contributed by atoms with van der Waals surface area (Å²) in [7, 11) is 0. The highest BCUT2D eigenvalue weighted by Crippen LogP contribution is 1.81. The first-order valence-electron chi connectivity index (χ1n) is 2.99. The molecule has 9 heavy (non-hydrogen) atoms. The zero-order chi connectivity index (χ0) is 6.95. The molecule has 0 radical (unpaired) electrons. The number of hydrogen-bond acceptors (Lipinski definition) is 2. The van der Waals surface area contributed by atoms with Crippen molar-refractivity contribution in [1.82, 2.24) is 0 Å². The third-order valence-corrected chi connectivity index (χ3v) is 0.715. The Balaban J connectivity index is 2.97. The number of oxime groups is 1. The second-order valence-corrected chi connectivity index (χ2v) is 1.55. The van der Waals surface area contributed by atoms with E-state index in [9.17, 15) is 0 Å². The summed E-state index contributed by atoms with van der Waals surface area (Å²) < 4.78 is 0. The molecule has 0 unspecified atom stereocenters. The molecule has 50 valence electrons. The van der Waals surface area contributed by atoms with Crippen LogP contribution in [0.15, 0.2) is 5.16 Å². The second-order valence-electron chi connectivity index (χ2n) is 1.55. The Hall–Kier alpha value is -0.970. The fraction of sp³-hybridized carbons (Fsp3) is 0.571. The maximum atomic E-state index is 4.89. The van der Waals surface area contributed by atoms with E-state index >= 15 is 0 Å². The molecule has 0 heterocycles. The lowest BCUT2D eigenvalue weighted by Gasteiger charge is -1.87. The number of terminal acetylenes is 1. The molecule has 0 aromatic heterocycles. The lowest BCUT2D eigenvalue weighted by molar-refractivity contribution is 0.181. The van der Waals surface area contributed by atoms with Gasteiger partial charge in [-0.25, -0.2) is 0 Å². The number of rotatable bonds is 4. The monoisotopic (exact) mass is 125 g/mol. The number of hydrogen-bond donors (Lipinski definition) is 0. The van der Waals surface area contributed by atoms with E-state index in [1.165, 1.54) is 0 Å². The molecular weight excluding hydrogens is 114 g/mol. The molecule has 2 heteroatoms. The Morgan fingerprint density at radius 1 is 1.78 bits per heavy atom. The van der Waals surface area contributed by atoms with E-state index in [0.717, 1.165) is 12.8 Å². The van der Waals surface area contributed by atoms with Crippen LogP contribution in [0.25, 0.3) is 0 Å². The van der Waals surface area contributed by atoms with Crippen molar-refractivity contribution in [2.45, 2.75) is 19.8 Å². The summed E-state index contributed by atoms with van der Waals surface area (Å²) in [6.07, 6.45) is 8.65. The van der Waals surface area contributed by atoms with E-state index in [1.54, 1.807) is 6.21 Å². The van der Waals surface area contributed by atoms with E-state index in [-0.39, 0.29) is 6.61 Å². The molecule has 0 bridgehead atoms. The van der Waals surface area contributed by atoms with E-state index < -0.39 is 0 Å². The lowest BCUT2D eigenvalue weighted by atomic mass is 10.4. The Morgan fingerprint density at radius 2 is 2.56 bits per heavy atom. The van der Waals surface area contributed by atoms with Crippen molar-refractivity contribution in [3.05, 3.63) is 0 Å². The van der Waals surface area contributed by atoms with Crippen molar-refractivity contribution in [2.24, 2.45) is 5.16 Å². The first kappa shape index (κ1) is 8.03. The Bertz CT molecular complexity index is 113. The minimum absolute atomic E-state index is 0.264. The van der Waals surface area contributed by atoms with Crippen molar-refractivity contribution in [1.29, 1.82) is 0 Å². The fourth-order valence-corrected chi connectivity index (χ4v) is 0.309. The minimum Gasteiger partial charge on any atom is -0.383 e. The third-order valence-electron chi connectivity index (χ3n) is 0.715. The molecule has 0 aliphatic carbocycles. The van der Waals surface area contributed by atoms with Gasteiger partial charge in [-0.1, -0.05) is 24.4 Å². The van der Waals surface area contributed by atoms with Gasteiger partial charge in [-0.15, -0.1) is 6.42 Å². The lowest BCUT2D eigenvalue weighted by Crippen LogP contribution is -1.82. The molecule has 0 saturated heterocycles. The standard InChI is InChI=1S/C7H11NO/c1-3-5-6-8-9-7-4-2/h2,6H,3,5,7H2,1H3. The largest absolute Gasteiger partial charge is 0.383 e. The zero-order valence-electron chi connectivity index (χ0n) is 5.63. The van der Waals surface area contributed by atoms with Crippen LogP contribution in [0, 0.1) is 12.3 Å². The highest BCUT2D eigenvalue weighted by molar-refractivity contribution is 5.55. The van der Waals surface area contributed by atoms with Gasteiger partial charge < -0.3 is 4.84 Å². The van der Waals surface area contributed by atoms with Crippen LogP contribution >= 0.6 is 0 Å². The molecule has 0 saturated carbocycles. The maximum absolute atomic E-state index is 4.89. The van der Waals surface area contributed by atoms with Crippen LogP contribution in [0.2, 0.25) is 0 Å². The molecule has 2 nitrogen and oxygen atoms in total. The molecule has 0 atom stereocenters. The maximum Gasteiger partial charge on any atom is 0.177 e. The highest BCUT2D eigenvalue weighted by atomic mass is 16.6. The molecular formula is C7H11NO. The first-order valence-corrected chi connectivity index (χ1v) is 2.99. The van der Waals surface area contributed by atoms with Crippen LogP contribution in [0.5, 0.6) is 0 Å². The second kappa shape index (κ2) is 7.03. The fourth-order valence-electron chi connectivity index (χ4n) is 0.309. The van der Waals surface area contributed by atoms with Gasteiger partial charge in [0.25, 0.3) is 0 Å². The molecule has 0 aliphatic heterocycles. The summed E-state index contributed by atoms with van der Waals surface area (Å²) in [6.45, 7) is 2.34. The van der Waals surface area contributed by atoms with Gasteiger partial charge in [0.05, 0.1) is 0 Å². The molecule has 0 spiro atoms. The van der Waals surface area contributed by atoms with Crippen molar-refractivity contribution >= 4 is 6.21 Å². The normalized spacial score (nSPS) is 9.33. The highest BCUT2D eigenvalue weighted by Gasteiger charge is 1.73. The molecule has 0 aromatic rings. The summed E-state index contributed by atoms with van der Waals surface area (Å²) in [6, 6.07) is 0. The summed E-state index contributed by atoms with van der Waals surface area (Å²) >= 11 is 0. The van der Waals surface area contributed by atoms with Crippen LogP contribution in [0.4, 0.5) is 0 Å². The zero-order valence-corrected chi connectivity index (χ0v) is 5.63.